The Hall–Kier alpha value is -3.03. The zero-order valence-electron chi connectivity index (χ0n) is 26.6. The first-order valence-corrected chi connectivity index (χ1v) is 21.0. The molecule has 2 aromatic rings. The number of carbonyl (C=O) groups is 2. The number of hydrogen-bond acceptors (Lipinski definition) is 9. The molecule has 0 heterocycles. The third-order valence-corrected chi connectivity index (χ3v) is 9.32. The van der Waals surface area contributed by atoms with Gasteiger partial charge in [0, 0.05) is 35.4 Å². The Morgan fingerprint density at radius 1 is 0.683 bits per heavy atom. The first-order chi connectivity index (χ1) is 19.0. The molecule has 0 spiro atoms. The summed E-state index contributed by atoms with van der Waals surface area (Å²) in [6, 6.07) is 8.86. The lowest BCUT2D eigenvalue weighted by Gasteiger charge is -2.18. The van der Waals surface area contributed by atoms with E-state index in [9.17, 15) is 14.7 Å². The van der Waals surface area contributed by atoms with E-state index >= 15 is 0 Å². The summed E-state index contributed by atoms with van der Waals surface area (Å²) < 4.78 is 31.3. The highest BCUT2D eigenvalue weighted by molar-refractivity contribution is 6.76. The number of benzene rings is 2. The molecular weight excluding hydrogens is 560 g/mol. The van der Waals surface area contributed by atoms with E-state index in [1.54, 1.807) is 19.1 Å². The Kier molecular flexibility index (Phi) is 14.4. The highest BCUT2D eigenvalue weighted by Gasteiger charge is 2.20. The number of phenols is 1. The minimum Gasteiger partial charge on any atom is -0.507 e. The van der Waals surface area contributed by atoms with Gasteiger partial charge >= 0.3 is 11.9 Å². The fraction of sp³-hybridized carbons (Fsp3) is 0.533. The molecule has 0 amide bonds. The predicted molar refractivity (Wildman–Crippen MR) is 167 cm³/mol. The van der Waals surface area contributed by atoms with Crippen LogP contribution in [0.25, 0.3) is 0 Å². The van der Waals surface area contributed by atoms with Gasteiger partial charge in [-0.25, -0.2) is 9.59 Å². The smallest absolute Gasteiger partial charge is 0.341 e. The Morgan fingerprint density at radius 3 is 1.54 bits per heavy atom. The third-order valence-electron chi connectivity index (χ3n) is 5.91. The standard InChI is InChI=1S/C16H26O5Si.C14H22O4Si/c1-12-9-13(20-7-8-22(4,5)6)10-14(21-11-18-2)15(12)16(17)19-3;1-10-8-11(18-6-7-19(3,4)5)9-12(15)13(10)14(16)17-2/h9-10H,7-8,11H2,1-6H3;8-9,15H,6-7H2,1-5H3. The fourth-order valence-corrected chi connectivity index (χ4v) is 4.97. The van der Waals surface area contributed by atoms with E-state index in [1.807, 2.05) is 13.0 Å². The molecule has 0 radical (unpaired) electrons. The van der Waals surface area contributed by atoms with Crippen LogP contribution < -0.4 is 14.2 Å². The van der Waals surface area contributed by atoms with Gasteiger partial charge < -0.3 is 33.5 Å². The highest BCUT2D eigenvalue weighted by atomic mass is 28.3. The molecule has 0 bridgehead atoms. The molecule has 0 fully saturated rings. The van der Waals surface area contributed by atoms with Crippen LogP contribution in [0.1, 0.15) is 31.8 Å². The second kappa shape index (κ2) is 16.4. The Balaban J connectivity index is 0.000000414. The van der Waals surface area contributed by atoms with Crippen LogP contribution in [-0.2, 0) is 14.2 Å². The minimum atomic E-state index is -1.14. The van der Waals surface area contributed by atoms with Crippen molar-refractivity contribution in [1.82, 2.24) is 0 Å². The van der Waals surface area contributed by atoms with E-state index in [0.717, 1.165) is 17.7 Å². The quantitative estimate of drug-likeness (QED) is 0.151. The van der Waals surface area contributed by atoms with Gasteiger partial charge in [-0.2, -0.15) is 0 Å². The van der Waals surface area contributed by atoms with E-state index in [0.29, 0.717) is 41.6 Å². The maximum Gasteiger partial charge on any atom is 0.341 e. The van der Waals surface area contributed by atoms with Crippen LogP contribution in [0.2, 0.25) is 51.4 Å². The van der Waals surface area contributed by atoms with Crippen molar-refractivity contribution < 1.29 is 43.1 Å². The molecule has 11 heteroatoms. The molecule has 41 heavy (non-hydrogen) atoms. The van der Waals surface area contributed by atoms with E-state index in [-0.39, 0.29) is 18.1 Å². The van der Waals surface area contributed by atoms with Crippen LogP contribution in [0.5, 0.6) is 23.0 Å². The molecule has 2 rings (SSSR count). The number of methoxy groups -OCH3 is 3. The van der Waals surface area contributed by atoms with Crippen molar-refractivity contribution in [3.8, 4) is 23.0 Å². The molecule has 2 aromatic carbocycles. The largest absolute Gasteiger partial charge is 0.507 e. The number of aryl methyl sites for hydroxylation is 2. The van der Waals surface area contributed by atoms with Crippen LogP contribution >= 0.6 is 0 Å². The molecule has 9 nitrogen and oxygen atoms in total. The molecule has 0 saturated heterocycles. The number of ether oxygens (including phenoxy) is 6. The number of phenolic OH excluding ortho intramolecular Hbond substituents is 1. The maximum atomic E-state index is 11.9. The number of hydrogen-bond donors (Lipinski definition) is 1. The lowest BCUT2D eigenvalue weighted by Crippen LogP contribution is -2.22. The topological polar surface area (TPSA) is 110 Å². The van der Waals surface area contributed by atoms with E-state index < -0.39 is 28.1 Å². The second-order valence-electron chi connectivity index (χ2n) is 12.1. The lowest BCUT2D eigenvalue weighted by atomic mass is 10.1. The van der Waals surface area contributed by atoms with Crippen molar-refractivity contribution in [2.24, 2.45) is 0 Å². The zero-order chi connectivity index (χ0) is 31.4. The molecule has 0 aliphatic carbocycles. The van der Waals surface area contributed by atoms with Crippen molar-refractivity contribution in [3.63, 3.8) is 0 Å². The van der Waals surface area contributed by atoms with Gasteiger partial charge in [0.05, 0.1) is 27.4 Å². The van der Waals surface area contributed by atoms with E-state index in [4.69, 9.17) is 23.7 Å². The normalized spacial score (nSPS) is 11.2. The summed E-state index contributed by atoms with van der Waals surface area (Å²) in [5.41, 5.74) is 2.00. The van der Waals surface area contributed by atoms with Crippen LogP contribution in [0.4, 0.5) is 0 Å². The van der Waals surface area contributed by atoms with Gasteiger partial charge in [-0.15, -0.1) is 0 Å². The predicted octanol–water partition coefficient (Wildman–Crippen LogP) is 6.69. The zero-order valence-corrected chi connectivity index (χ0v) is 28.6. The van der Waals surface area contributed by atoms with E-state index in [2.05, 4.69) is 44.0 Å². The van der Waals surface area contributed by atoms with Crippen LogP contribution in [-0.4, -0.2) is 74.5 Å². The Morgan fingerprint density at radius 2 is 1.12 bits per heavy atom. The molecule has 0 unspecified atom stereocenters. The average molecular weight is 609 g/mol. The van der Waals surface area contributed by atoms with Crippen LogP contribution in [0.3, 0.4) is 0 Å². The summed E-state index contributed by atoms with van der Waals surface area (Å²) in [7, 11) is 1.89. The highest BCUT2D eigenvalue weighted by Crippen LogP contribution is 2.30. The summed E-state index contributed by atoms with van der Waals surface area (Å²) in [4.78, 5) is 23.4. The van der Waals surface area contributed by atoms with E-state index in [1.165, 1.54) is 27.4 Å². The SMILES string of the molecule is COC(=O)c1c(C)cc(OCC[Si](C)(C)C)cc1O.COCOc1cc(OCC[Si](C)(C)C)cc(C)c1C(=O)OC. The maximum absolute atomic E-state index is 11.9. The second-order valence-corrected chi connectivity index (χ2v) is 23.3. The van der Waals surface area contributed by atoms with Crippen molar-refractivity contribution in [2.75, 3.05) is 41.3 Å². The van der Waals surface area contributed by atoms with Crippen LogP contribution in [0, 0.1) is 13.8 Å². The average Bonchev–Trinajstić information content (AvgIpc) is 2.85. The summed E-state index contributed by atoms with van der Waals surface area (Å²) >= 11 is 0. The van der Waals surface area contributed by atoms with Gasteiger partial charge in [-0.05, 0) is 49.2 Å². The summed E-state index contributed by atoms with van der Waals surface area (Å²) in [6.07, 6.45) is 0. The number of esters is 2. The van der Waals surface area contributed by atoms with Gasteiger partial charge in [0.15, 0.2) is 6.79 Å². The van der Waals surface area contributed by atoms with Gasteiger partial charge in [-0.3, -0.25) is 0 Å². The number of aromatic hydroxyl groups is 1. The molecule has 0 aliphatic heterocycles. The summed E-state index contributed by atoms with van der Waals surface area (Å²) in [5.74, 6) is 0.614. The van der Waals surface area contributed by atoms with Crippen molar-refractivity contribution in [2.45, 2.75) is 65.2 Å². The molecule has 0 saturated carbocycles. The van der Waals surface area contributed by atoms with Crippen LogP contribution in [0.15, 0.2) is 24.3 Å². The van der Waals surface area contributed by atoms with Crippen molar-refractivity contribution in [1.29, 1.82) is 0 Å². The summed E-state index contributed by atoms with van der Waals surface area (Å²) in [5, 5.41) is 9.86. The Labute approximate surface area is 247 Å². The fourth-order valence-electron chi connectivity index (χ4n) is 3.54. The molecule has 0 atom stereocenters. The Bertz CT molecular complexity index is 1130. The number of carbonyl (C=O) groups excluding carboxylic acids is 2. The summed E-state index contributed by atoms with van der Waals surface area (Å²) in [6.45, 7) is 18.7. The van der Waals surface area contributed by atoms with Gasteiger partial charge in [-0.1, -0.05) is 39.3 Å². The first-order valence-electron chi connectivity index (χ1n) is 13.5. The minimum absolute atomic E-state index is 0.0573. The molecular formula is C30H48O9Si2. The van der Waals surface area contributed by atoms with Crippen molar-refractivity contribution >= 4 is 28.1 Å². The third kappa shape index (κ3) is 13.0. The molecule has 0 aliphatic rings. The van der Waals surface area contributed by atoms with Crippen molar-refractivity contribution in [3.05, 3.63) is 46.5 Å². The molecule has 0 aromatic heterocycles. The first kappa shape index (κ1) is 36.0. The monoisotopic (exact) mass is 608 g/mol. The molecule has 230 valence electrons. The van der Waals surface area contributed by atoms with Gasteiger partial charge in [0.25, 0.3) is 0 Å². The lowest BCUT2D eigenvalue weighted by molar-refractivity contribution is 0.0462. The number of rotatable bonds is 13. The molecule has 1 N–H and O–H groups in total. The van der Waals surface area contributed by atoms with Gasteiger partial charge in [0.2, 0.25) is 0 Å². The van der Waals surface area contributed by atoms with Gasteiger partial charge in [0.1, 0.15) is 34.1 Å².